The third-order valence-corrected chi connectivity index (χ3v) is 2.52. The molecule has 0 saturated carbocycles. The molecule has 0 radical (unpaired) electrons. The molecule has 0 aliphatic carbocycles. The van der Waals surface area contributed by atoms with Crippen LogP contribution in [0.3, 0.4) is 0 Å². The first-order valence-electron chi connectivity index (χ1n) is 3.85. The highest BCUT2D eigenvalue weighted by molar-refractivity contribution is 6.35. The van der Waals surface area contributed by atoms with Crippen molar-refractivity contribution in [1.29, 1.82) is 0 Å². The van der Waals surface area contributed by atoms with Gasteiger partial charge in [-0.1, -0.05) is 0 Å². The number of rotatable bonds is 0. The second kappa shape index (κ2) is 2.68. The van der Waals surface area contributed by atoms with Crippen LogP contribution in [0.25, 0.3) is 0 Å². The van der Waals surface area contributed by atoms with Crippen LogP contribution < -0.4 is 0 Å². The number of hydroxylamine groups is 4. The Labute approximate surface area is 75.3 Å². The van der Waals surface area contributed by atoms with Crippen molar-refractivity contribution in [1.82, 2.24) is 10.1 Å². The minimum absolute atomic E-state index is 0.342. The lowest BCUT2D eigenvalue weighted by Crippen LogP contribution is -2.67. The average molecular weight is 188 g/mol. The van der Waals surface area contributed by atoms with Crippen LogP contribution >= 0.6 is 0 Å². The van der Waals surface area contributed by atoms with Crippen LogP contribution in [0.2, 0.25) is 0 Å². The van der Waals surface area contributed by atoms with Gasteiger partial charge in [0.05, 0.1) is 11.6 Å². The summed E-state index contributed by atoms with van der Waals surface area (Å²) in [6.45, 7) is 4.63. The monoisotopic (exact) mass is 188 g/mol. The molecular weight excluding hydrogens is 176 g/mol. The van der Waals surface area contributed by atoms with Gasteiger partial charge in [-0.05, 0) is 20.8 Å². The molecule has 1 atom stereocenters. The summed E-state index contributed by atoms with van der Waals surface area (Å²) in [7, 11) is 0. The largest absolute Gasteiger partial charge is 0.338 e. The molecule has 1 saturated heterocycles. The molecule has 0 aromatic carbocycles. The average Bonchev–Trinajstić information content (AvgIpc) is 2.09. The number of amides is 2. The first-order valence-corrected chi connectivity index (χ1v) is 3.85. The normalized spacial score (nSPS) is 28.2. The lowest BCUT2D eigenvalue weighted by Gasteiger charge is -2.44. The number of piperazine rings is 1. The van der Waals surface area contributed by atoms with E-state index < -0.39 is 23.4 Å². The van der Waals surface area contributed by atoms with E-state index >= 15 is 0 Å². The van der Waals surface area contributed by atoms with Gasteiger partial charge in [-0.2, -0.15) is 0 Å². The minimum Gasteiger partial charge on any atom is -0.285 e. The van der Waals surface area contributed by atoms with Crippen molar-refractivity contribution in [3.8, 4) is 0 Å². The molecule has 1 heterocycles. The maximum atomic E-state index is 11.0. The first-order chi connectivity index (χ1) is 5.80. The Hall–Kier alpha value is -1.14. The molecule has 0 spiro atoms. The summed E-state index contributed by atoms with van der Waals surface area (Å²) in [5.41, 5.74) is -0.986. The van der Waals surface area contributed by atoms with Crippen molar-refractivity contribution in [2.75, 3.05) is 0 Å². The van der Waals surface area contributed by atoms with Gasteiger partial charge in [-0.3, -0.25) is 20.0 Å². The molecule has 1 fully saturated rings. The zero-order chi connectivity index (χ0) is 10.4. The Balaban J connectivity index is 3.07. The molecule has 1 rings (SSSR count). The molecule has 0 bridgehead atoms. The Morgan fingerprint density at radius 1 is 1.23 bits per heavy atom. The van der Waals surface area contributed by atoms with Gasteiger partial charge in [0.15, 0.2) is 0 Å². The molecule has 6 nitrogen and oxygen atoms in total. The van der Waals surface area contributed by atoms with E-state index in [0.29, 0.717) is 10.1 Å². The van der Waals surface area contributed by atoms with Gasteiger partial charge < -0.3 is 0 Å². The van der Waals surface area contributed by atoms with E-state index in [-0.39, 0.29) is 0 Å². The van der Waals surface area contributed by atoms with Gasteiger partial charge in [0.2, 0.25) is 0 Å². The number of hydrogen-bond donors (Lipinski definition) is 2. The molecule has 0 aromatic heterocycles. The minimum atomic E-state index is -1.12. The predicted molar refractivity (Wildman–Crippen MR) is 40.8 cm³/mol. The van der Waals surface area contributed by atoms with Crippen LogP contribution in [0.15, 0.2) is 0 Å². The third kappa shape index (κ3) is 1.18. The van der Waals surface area contributed by atoms with Gasteiger partial charge in [0.1, 0.15) is 0 Å². The van der Waals surface area contributed by atoms with Gasteiger partial charge in [-0.15, -0.1) is 0 Å². The van der Waals surface area contributed by atoms with Crippen LogP contribution in [0.1, 0.15) is 20.8 Å². The van der Waals surface area contributed by atoms with E-state index in [4.69, 9.17) is 0 Å². The maximum Gasteiger partial charge on any atom is 0.338 e. The SMILES string of the molecule is C[C@@H]1N(O)C(=O)C(=O)N(O)C1(C)C. The summed E-state index contributed by atoms with van der Waals surface area (Å²) in [5, 5.41) is 19.2. The molecule has 13 heavy (non-hydrogen) atoms. The first kappa shape index (κ1) is 9.94. The summed E-state index contributed by atoms with van der Waals surface area (Å²) in [6.07, 6.45) is 0. The van der Waals surface area contributed by atoms with Crippen LogP contribution in [-0.2, 0) is 9.59 Å². The number of carbonyl (C=O) groups is 2. The van der Waals surface area contributed by atoms with Crippen molar-refractivity contribution in [2.45, 2.75) is 32.4 Å². The van der Waals surface area contributed by atoms with Crippen molar-refractivity contribution in [2.24, 2.45) is 0 Å². The summed E-state index contributed by atoms with van der Waals surface area (Å²) < 4.78 is 0. The second-order valence-electron chi connectivity index (χ2n) is 3.60. The molecule has 2 amide bonds. The smallest absolute Gasteiger partial charge is 0.285 e. The lowest BCUT2D eigenvalue weighted by atomic mass is 9.92. The zero-order valence-electron chi connectivity index (χ0n) is 7.68. The van der Waals surface area contributed by atoms with Gasteiger partial charge >= 0.3 is 11.8 Å². The van der Waals surface area contributed by atoms with Crippen LogP contribution in [0.4, 0.5) is 0 Å². The Kier molecular flexibility index (Phi) is 2.05. The summed E-state index contributed by atoms with van der Waals surface area (Å²) in [4.78, 5) is 22.0. The highest BCUT2D eigenvalue weighted by Crippen LogP contribution is 2.25. The van der Waals surface area contributed by atoms with Crippen molar-refractivity contribution < 1.29 is 20.0 Å². The Morgan fingerprint density at radius 3 is 2.15 bits per heavy atom. The van der Waals surface area contributed by atoms with Crippen molar-refractivity contribution in [3.63, 3.8) is 0 Å². The van der Waals surface area contributed by atoms with E-state index in [9.17, 15) is 20.0 Å². The molecule has 0 aromatic rings. The lowest BCUT2D eigenvalue weighted by molar-refractivity contribution is -0.247. The molecule has 1 aliphatic rings. The number of hydrogen-bond acceptors (Lipinski definition) is 4. The molecule has 6 heteroatoms. The highest BCUT2D eigenvalue weighted by atomic mass is 16.5. The topological polar surface area (TPSA) is 81.1 Å². The maximum absolute atomic E-state index is 11.0. The van der Waals surface area contributed by atoms with Gasteiger partial charge in [0.25, 0.3) is 0 Å². The van der Waals surface area contributed by atoms with Gasteiger partial charge in [0, 0.05) is 0 Å². The highest BCUT2D eigenvalue weighted by Gasteiger charge is 2.49. The fourth-order valence-corrected chi connectivity index (χ4v) is 1.10. The van der Waals surface area contributed by atoms with Crippen LogP contribution in [0.5, 0.6) is 0 Å². The quantitative estimate of drug-likeness (QED) is 0.400. The molecule has 74 valence electrons. The molecular formula is C7H12N2O4. The van der Waals surface area contributed by atoms with E-state index in [2.05, 4.69) is 0 Å². The van der Waals surface area contributed by atoms with Crippen molar-refractivity contribution >= 4 is 11.8 Å². The van der Waals surface area contributed by atoms with E-state index in [1.807, 2.05) is 0 Å². The third-order valence-electron chi connectivity index (χ3n) is 2.52. The van der Waals surface area contributed by atoms with E-state index in [0.717, 1.165) is 0 Å². The summed E-state index contributed by atoms with van der Waals surface area (Å²) >= 11 is 0. The fourth-order valence-electron chi connectivity index (χ4n) is 1.10. The summed E-state index contributed by atoms with van der Waals surface area (Å²) in [5.74, 6) is -2.24. The van der Waals surface area contributed by atoms with Crippen molar-refractivity contribution in [3.05, 3.63) is 0 Å². The van der Waals surface area contributed by atoms with Crippen LogP contribution in [0, 0.1) is 0 Å². The zero-order valence-corrected chi connectivity index (χ0v) is 7.68. The number of carbonyl (C=O) groups excluding carboxylic acids is 2. The Bertz CT molecular complexity index is 263. The Morgan fingerprint density at radius 2 is 1.69 bits per heavy atom. The number of nitrogens with zero attached hydrogens (tertiary/aromatic N) is 2. The molecule has 2 N–H and O–H groups in total. The molecule has 0 unspecified atom stereocenters. The predicted octanol–water partition coefficient (Wildman–Crippen LogP) is -0.397. The molecule has 1 aliphatic heterocycles. The second-order valence-corrected chi connectivity index (χ2v) is 3.60. The van der Waals surface area contributed by atoms with Gasteiger partial charge in [-0.25, -0.2) is 10.1 Å². The van der Waals surface area contributed by atoms with Crippen LogP contribution in [-0.4, -0.2) is 43.9 Å². The standard InChI is InChI=1S/C7H12N2O4/c1-4-7(2,3)9(13)6(11)5(10)8(4)12/h4,12-13H,1-3H3/t4-/m0/s1. The fraction of sp³-hybridized carbons (Fsp3) is 0.714. The van der Waals surface area contributed by atoms with E-state index in [1.165, 1.54) is 6.92 Å². The summed E-state index contributed by atoms with van der Waals surface area (Å²) in [6, 6.07) is -0.650. The van der Waals surface area contributed by atoms with E-state index in [1.54, 1.807) is 13.8 Å².